The van der Waals surface area contributed by atoms with E-state index in [4.69, 9.17) is 23.2 Å². The Kier molecular flexibility index (Phi) is 5.97. The van der Waals surface area contributed by atoms with Gasteiger partial charge in [0.25, 0.3) is 0 Å². The topological polar surface area (TPSA) is 84.5 Å². The normalized spacial score (nSPS) is 15.4. The number of rotatable bonds is 5. The van der Waals surface area contributed by atoms with Crippen LogP contribution in [-0.4, -0.2) is 38.2 Å². The van der Waals surface area contributed by atoms with E-state index in [1.807, 2.05) is 6.92 Å². The van der Waals surface area contributed by atoms with E-state index >= 15 is 0 Å². The van der Waals surface area contributed by atoms with Gasteiger partial charge < -0.3 is 10.2 Å². The summed E-state index contributed by atoms with van der Waals surface area (Å²) in [5.41, 5.74) is 0.911. The molecule has 3 aromatic rings. The van der Waals surface area contributed by atoms with Crippen LogP contribution < -0.4 is 15.9 Å². The Morgan fingerprint density at radius 3 is 2.67 bits per heavy atom. The molecular formula is C20H22Cl2N6O2. The van der Waals surface area contributed by atoms with Gasteiger partial charge in [0.1, 0.15) is 6.54 Å². The minimum absolute atomic E-state index is 0.189. The number of hydrogen-bond acceptors (Lipinski definition) is 5. The van der Waals surface area contributed by atoms with Crippen molar-refractivity contribution in [3.63, 3.8) is 0 Å². The zero-order chi connectivity index (χ0) is 21.3. The average molecular weight is 449 g/mol. The second-order valence-electron chi connectivity index (χ2n) is 7.39. The van der Waals surface area contributed by atoms with Gasteiger partial charge in [-0.1, -0.05) is 29.3 Å². The molecule has 2 aromatic heterocycles. The Hall–Kier alpha value is -2.58. The molecule has 10 heteroatoms. The molecule has 0 spiro atoms. The second-order valence-corrected chi connectivity index (χ2v) is 8.20. The van der Waals surface area contributed by atoms with Gasteiger partial charge in [0.05, 0.1) is 16.1 Å². The lowest BCUT2D eigenvalue weighted by molar-refractivity contribution is -0.122. The second kappa shape index (κ2) is 8.65. The van der Waals surface area contributed by atoms with Gasteiger partial charge in [-0.05, 0) is 43.9 Å². The molecule has 158 valence electrons. The molecule has 1 aromatic carbocycles. The molecule has 0 unspecified atom stereocenters. The van der Waals surface area contributed by atoms with Gasteiger partial charge in [0.2, 0.25) is 11.9 Å². The number of fused-ring (bicyclic) bond motifs is 1. The Morgan fingerprint density at radius 1 is 1.17 bits per heavy atom. The molecule has 0 aliphatic carbocycles. The van der Waals surface area contributed by atoms with Gasteiger partial charge in [-0.15, -0.1) is 5.10 Å². The summed E-state index contributed by atoms with van der Waals surface area (Å²) in [5.74, 6) is 0.250. The van der Waals surface area contributed by atoms with Gasteiger partial charge in [0.15, 0.2) is 5.65 Å². The minimum atomic E-state index is -0.379. The van der Waals surface area contributed by atoms with Crippen molar-refractivity contribution in [2.45, 2.75) is 38.8 Å². The van der Waals surface area contributed by atoms with Gasteiger partial charge in [-0.2, -0.15) is 0 Å². The number of nitrogens with zero attached hydrogens (tertiary/aromatic N) is 5. The molecule has 1 aliphatic rings. The minimum Gasteiger partial charge on any atom is -0.348 e. The maximum atomic E-state index is 12.9. The van der Waals surface area contributed by atoms with Crippen LogP contribution in [0, 0.1) is 0 Å². The maximum absolute atomic E-state index is 12.9. The van der Waals surface area contributed by atoms with Crippen LogP contribution in [0.2, 0.25) is 10.0 Å². The monoisotopic (exact) mass is 448 g/mol. The highest BCUT2D eigenvalue weighted by atomic mass is 35.5. The van der Waals surface area contributed by atoms with E-state index in [1.165, 1.54) is 15.5 Å². The highest BCUT2D eigenvalue weighted by Crippen LogP contribution is 2.25. The van der Waals surface area contributed by atoms with E-state index in [1.54, 1.807) is 30.5 Å². The fraction of sp³-hybridized carbons (Fsp3) is 0.400. The standard InChI is InChI=1S/C20H22Cl2N6O2/c1-13(14-5-6-15(21)16(22)11-14)24-18(29)12-27-20(30)28-17(25-27)7-8-23-19(28)26-9-3-2-4-10-26/h5-8,11,13H,2-4,9-10,12H2,1H3,(H,24,29)/t13-/m0/s1. The molecule has 4 rings (SSSR count). The largest absolute Gasteiger partial charge is 0.353 e. The summed E-state index contributed by atoms with van der Waals surface area (Å²) in [6.07, 6.45) is 4.95. The van der Waals surface area contributed by atoms with Crippen LogP contribution in [-0.2, 0) is 11.3 Å². The van der Waals surface area contributed by atoms with Crippen molar-refractivity contribution in [2.75, 3.05) is 18.0 Å². The summed E-state index contributed by atoms with van der Waals surface area (Å²) in [4.78, 5) is 32.0. The summed E-state index contributed by atoms with van der Waals surface area (Å²) >= 11 is 12.0. The molecule has 1 fully saturated rings. The first-order chi connectivity index (χ1) is 14.4. The van der Waals surface area contributed by atoms with Crippen molar-refractivity contribution in [1.29, 1.82) is 0 Å². The SMILES string of the molecule is C[C@H](NC(=O)Cn1nc2ccnc(N3CCCCC3)n2c1=O)c1ccc(Cl)c(Cl)c1. The number of amides is 1. The number of benzene rings is 1. The van der Waals surface area contributed by atoms with E-state index < -0.39 is 0 Å². The molecular weight excluding hydrogens is 427 g/mol. The van der Waals surface area contributed by atoms with Crippen molar-refractivity contribution < 1.29 is 4.79 Å². The van der Waals surface area contributed by atoms with Gasteiger partial charge in [-0.25, -0.2) is 18.9 Å². The molecule has 8 nitrogen and oxygen atoms in total. The lowest BCUT2D eigenvalue weighted by Gasteiger charge is -2.27. The summed E-state index contributed by atoms with van der Waals surface area (Å²) < 4.78 is 2.64. The highest BCUT2D eigenvalue weighted by molar-refractivity contribution is 6.42. The van der Waals surface area contributed by atoms with Crippen molar-refractivity contribution in [3.05, 3.63) is 56.6 Å². The average Bonchev–Trinajstić information content (AvgIpc) is 3.06. The molecule has 0 saturated carbocycles. The first-order valence-electron chi connectivity index (χ1n) is 9.88. The van der Waals surface area contributed by atoms with Crippen LogP contribution in [0.5, 0.6) is 0 Å². The summed E-state index contributed by atoms with van der Waals surface area (Å²) in [6.45, 7) is 3.35. The van der Waals surface area contributed by atoms with Crippen LogP contribution in [0.4, 0.5) is 5.95 Å². The van der Waals surface area contributed by atoms with Gasteiger partial charge >= 0.3 is 5.69 Å². The van der Waals surface area contributed by atoms with Gasteiger partial charge in [0, 0.05) is 25.4 Å². The Balaban J connectivity index is 1.53. The lowest BCUT2D eigenvalue weighted by Crippen LogP contribution is -2.36. The number of aromatic nitrogens is 4. The quantitative estimate of drug-likeness (QED) is 0.648. The van der Waals surface area contributed by atoms with Gasteiger partial charge in [-0.3, -0.25) is 4.79 Å². The summed E-state index contributed by atoms with van der Waals surface area (Å²) in [6, 6.07) is 6.56. The fourth-order valence-electron chi connectivity index (χ4n) is 3.66. The molecule has 3 heterocycles. The molecule has 1 atom stereocenters. The molecule has 1 N–H and O–H groups in total. The maximum Gasteiger partial charge on any atom is 0.353 e. The Labute approximate surface area is 183 Å². The smallest absolute Gasteiger partial charge is 0.348 e. The first kappa shape index (κ1) is 20.7. The van der Waals surface area contributed by atoms with E-state index in [9.17, 15) is 9.59 Å². The number of carbonyl (C=O) groups is 1. The third-order valence-electron chi connectivity index (χ3n) is 5.23. The fourth-order valence-corrected chi connectivity index (χ4v) is 3.96. The summed E-state index contributed by atoms with van der Waals surface area (Å²) in [7, 11) is 0. The lowest BCUT2D eigenvalue weighted by atomic mass is 10.1. The number of halogens is 2. The van der Waals surface area contributed by atoms with Crippen LogP contribution in [0.1, 0.15) is 37.8 Å². The first-order valence-corrected chi connectivity index (χ1v) is 10.6. The number of anilines is 1. The van der Waals surface area contributed by atoms with E-state index in [2.05, 4.69) is 20.3 Å². The predicted molar refractivity (Wildman–Crippen MR) is 116 cm³/mol. The zero-order valence-electron chi connectivity index (χ0n) is 16.5. The number of hydrogen-bond donors (Lipinski definition) is 1. The van der Waals surface area contributed by atoms with Crippen LogP contribution in [0.25, 0.3) is 5.65 Å². The molecule has 1 aliphatic heterocycles. The van der Waals surface area contributed by atoms with E-state index in [0.717, 1.165) is 31.5 Å². The molecule has 1 amide bonds. The molecule has 1 saturated heterocycles. The Bertz CT molecular complexity index is 1140. The van der Waals surface area contributed by atoms with Crippen molar-refractivity contribution in [3.8, 4) is 0 Å². The molecule has 0 radical (unpaired) electrons. The highest BCUT2D eigenvalue weighted by Gasteiger charge is 2.20. The zero-order valence-corrected chi connectivity index (χ0v) is 18.0. The van der Waals surface area contributed by atoms with Crippen molar-refractivity contribution in [2.24, 2.45) is 0 Å². The molecule has 30 heavy (non-hydrogen) atoms. The number of carbonyl (C=O) groups excluding carboxylic acids is 1. The molecule has 0 bridgehead atoms. The predicted octanol–water partition coefficient (Wildman–Crippen LogP) is 3.07. The van der Waals surface area contributed by atoms with Crippen molar-refractivity contribution in [1.82, 2.24) is 24.5 Å². The van der Waals surface area contributed by atoms with Crippen LogP contribution in [0.15, 0.2) is 35.3 Å². The third-order valence-corrected chi connectivity index (χ3v) is 5.97. The van der Waals surface area contributed by atoms with Crippen molar-refractivity contribution >= 4 is 40.7 Å². The number of nitrogens with one attached hydrogen (secondary N) is 1. The third kappa shape index (κ3) is 4.15. The Morgan fingerprint density at radius 2 is 1.93 bits per heavy atom. The van der Waals surface area contributed by atoms with E-state index in [0.29, 0.717) is 21.6 Å². The van der Waals surface area contributed by atoms with Crippen LogP contribution in [0.3, 0.4) is 0 Å². The number of piperidine rings is 1. The van der Waals surface area contributed by atoms with Crippen LogP contribution >= 0.6 is 23.2 Å². The van der Waals surface area contributed by atoms with E-state index in [-0.39, 0.29) is 24.2 Å². The summed E-state index contributed by atoms with van der Waals surface area (Å²) in [5, 5.41) is 8.05.